The summed E-state index contributed by atoms with van der Waals surface area (Å²) in [7, 11) is 0. The number of halogens is 1. The number of nitrogens with zero attached hydrogens (tertiary/aromatic N) is 2. The summed E-state index contributed by atoms with van der Waals surface area (Å²) >= 11 is 5.31. The van der Waals surface area contributed by atoms with E-state index < -0.39 is 0 Å². The number of piperazine rings is 1. The summed E-state index contributed by atoms with van der Waals surface area (Å²) in [6, 6.07) is 6.74. The molecular formula is C13H16BrN3S. The van der Waals surface area contributed by atoms with E-state index in [0.29, 0.717) is 6.04 Å². The van der Waals surface area contributed by atoms with Gasteiger partial charge in [0.05, 0.1) is 16.3 Å². The maximum atomic E-state index is 4.78. The second-order valence-corrected chi connectivity index (χ2v) is 6.60. The van der Waals surface area contributed by atoms with E-state index in [0.717, 1.165) is 36.2 Å². The molecule has 1 aromatic heterocycles. The van der Waals surface area contributed by atoms with Crippen molar-refractivity contribution >= 4 is 37.5 Å². The maximum absolute atomic E-state index is 4.78. The van der Waals surface area contributed by atoms with Crippen LogP contribution in [0.25, 0.3) is 10.2 Å². The number of aromatic nitrogens is 1. The number of fused-ring (bicyclic) bond motifs is 1. The minimum Gasteiger partial charge on any atom is -0.314 e. The van der Waals surface area contributed by atoms with Gasteiger partial charge in [0.1, 0.15) is 5.01 Å². The molecule has 1 N–H and O–H groups in total. The van der Waals surface area contributed by atoms with Crippen molar-refractivity contribution in [3.05, 3.63) is 27.7 Å². The standard InChI is InChI=1S/C13H16BrN3S/c1-9(17-6-4-15-5-7-17)13-16-11-8-10(14)2-3-12(11)18-13/h2-3,8-9,15H,4-7H2,1H3. The molecule has 3 nitrogen and oxygen atoms in total. The predicted octanol–water partition coefficient (Wildman–Crippen LogP) is 3.03. The monoisotopic (exact) mass is 325 g/mol. The molecule has 1 unspecified atom stereocenters. The van der Waals surface area contributed by atoms with Gasteiger partial charge in [0.2, 0.25) is 0 Å². The van der Waals surface area contributed by atoms with Crippen molar-refractivity contribution in [2.45, 2.75) is 13.0 Å². The zero-order valence-corrected chi connectivity index (χ0v) is 12.7. The van der Waals surface area contributed by atoms with Crippen LogP contribution in [0.1, 0.15) is 18.0 Å². The third kappa shape index (κ3) is 2.45. The van der Waals surface area contributed by atoms with Crippen LogP contribution < -0.4 is 5.32 Å². The van der Waals surface area contributed by atoms with Crippen molar-refractivity contribution in [1.82, 2.24) is 15.2 Å². The van der Waals surface area contributed by atoms with Crippen molar-refractivity contribution in [2.75, 3.05) is 26.2 Å². The van der Waals surface area contributed by atoms with Crippen LogP contribution >= 0.6 is 27.3 Å². The first kappa shape index (κ1) is 12.5. The minimum atomic E-state index is 0.420. The lowest BCUT2D eigenvalue weighted by molar-refractivity contribution is 0.185. The number of thiazole rings is 1. The quantitative estimate of drug-likeness (QED) is 0.919. The smallest absolute Gasteiger partial charge is 0.111 e. The van der Waals surface area contributed by atoms with E-state index in [-0.39, 0.29) is 0 Å². The van der Waals surface area contributed by atoms with Crippen LogP contribution in [0.5, 0.6) is 0 Å². The third-order valence-corrected chi connectivity index (χ3v) is 5.12. The Kier molecular flexibility index (Phi) is 3.66. The molecule has 1 atom stereocenters. The molecule has 0 amide bonds. The van der Waals surface area contributed by atoms with Gasteiger partial charge in [0, 0.05) is 30.7 Å². The normalized spacial score (nSPS) is 19.2. The zero-order chi connectivity index (χ0) is 12.5. The molecule has 1 fully saturated rings. The summed E-state index contributed by atoms with van der Waals surface area (Å²) in [5.74, 6) is 0. The highest BCUT2D eigenvalue weighted by Gasteiger charge is 2.20. The van der Waals surface area contributed by atoms with Gasteiger partial charge in [-0.2, -0.15) is 0 Å². The molecule has 96 valence electrons. The lowest BCUT2D eigenvalue weighted by atomic mass is 10.2. The maximum Gasteiger partial charge on any atom is 0.111 e. The van der Waals surface area contributed by atoms with Gasteiger partial charge in [0.15, 0.2) is 0 Å². The van der Waals surface area contributed by atoms with Crippen LogP contribution in [0.4, 0.5) is 0 Å². The van der Waals surface area contributed by atoms with Crippen LogP contribution in [-0.4, -0.2) is 36.1 Å². The van der Waals surface area contributed by atoms with E-state index in [1.807, 2.05) is 11.3 Å². The number of benzene rings is 1. The molecule has 18 heavy (non-hydrogen) atoms. The average Bonchev–Trinajstić information content (AvgIpc) is 2.81. The summed E-state index contributed by atoms with van der Waals surface area (Å²) in [5.41, 5.74) is 1.10. The molecule has 5 heteroatoms. The molecule has 2 heterocycles. The molecule has 1 aromatic carbocycles. The molecule has 0 saturated carbocycles. The molecule has 1 aliphatic heterocycles. The molecule has 1 aliphatic rings. The summed E-state index contributed by atoms with van der Waals surface area (Å²) in [6.07, 6.45) is 0. The molecule has 0 bridgehead atoms. The van der Waals surface area contributed by atoms with Crippen LogP contribution in [0, 0.1) is 0 Å². The van der Waals surface area contributed by atoms with Gasteiger partial charge in [-0.15, -0.1) is 11.3 Å². The fourth-order valence-electron chi connectivity index (χ4n) is 2.32. The van der Waals surface area contributed by atoms with Gasteiger partial charge < -0.3 is 5.32 Å². The van der Waals surface area contributed by atoms with Gasteiger partial charge in [-0.1, -0.05) is 15.9 Å². The second kappa shape index (κ2) is 5.25. The molecular weight excluding hydrogens is 310 g/mol. The first-order valence-electron chi connectivity index (χ1n) is 6.25. The Bertz CT molecular complexity index is 548. The van der Waals surface area contributed by atoms with Crippen LogP contribution in [0.3, 0.4) is 0 Å². The first-order chi connectivity index (χ1) is 8.74. The molecule has 0 aliphatic carbocycles. The summed E-state index contributed by atoms with van der Waals surface area (Å²) in [4.78, 5) is 7.28. The van der Waals surface area contributed by atoms with Crippen molar-refractivity contribution < 1.29 is 0 Å². The molecule has 3 rings (SSSR count). The van der Waals surface area contributed by atoms with Crippen LogP contribution in [0.2, 0.25) is 0 Å². The Morgan fingerprint density at radius 1 is 1.39 bits per heavy atom. The van der Waals surface area contributed by atoms with E-state index in [1.165, 1.54) is 9.71 Å². The van der Waals surface area contributed by atoms with E-state index in [9.17, 15) is 0 Å². The van der Waals surface area contributed by atoms with Gasteiger partial charge >= 0.3 is 0 Å². The molecule has 1 saturated heterocycles. The molecule has 0 radical (unpaired) electrons. The Labute approximate surface area is 119 Å². The number of hydrogen-bond acceptors (Lipinski definition) is 4. The summed E-state index contributed by atoms with van der Waals surface area (Å²) < 4.78 is 2.37. The summed E-state index contributed by atoms with van der Waals surface area (Å²) in [5, 5.41) is 4.62. The zero-order valence-electron chi connectivity index (χ0n) is 10.3. The predicted molar refractivity (Wildman–Crippen MR) is 80.2 cm³/mol. The topological polar surface area (TPSA) is 28.2 Å². The number of rotatable bonds is 2. The SMILES string of the molecule is CC(c1nc2cc(Br)ccc2s1)N1CCNCC1. The first-order valence-corrected chi connectivity index (χ1v) is 7.86. The third-order valence-electron chi connectivity index (χ3n) is 3.42. The second-order valence-electron chi connectivity index (χ2n) is 4.63. The van der Waals surface area contributed by atoms with E-state index >= 15 is 0 Å². The highest BCUT2D eigenvalue weighted by molar-refractivity contribution is 9.10. The van der Waals surface area contributed by atoms with E-state index in [4.69, 9.17) is 4.98 Å². The fraction of sp³-hybridized carbons (Fsp3) is 0.462. The van der Waals surface area contributed by atoms with Crippen molar-refractivity contribution in [1.29, 1.82) is 0 Å². The average molecular weight is 326 g/mol. The van der Waals surface area contributed by atoms with Gasteiger partial charge in [-0.3, -0.25) is 4.90 Å². The van der Waals surface area contributed by atoms with Gasteiger partial charge in [0.25, 0.3) is 0 Å². The highest BCUT2D eigenvalue weighted by Crippen LogP contribution is 2.31. The Morgan fingerprint density at radius 3 is 2.94 bits per heavy atom. The molecule has 2 aromatic rings. The van der Waals surface area contributed by atoms with E-state index in [1.54, 1.807) is 0 Å². The van der Waals surface area contributed by atoms with Gasteiger partial charge in [-0.25, -0.2) is 4.98 Å². The molecule has 0 spiro atoms. The Hall–Kier alpha value is -0.490. The minimum absolute atomic E-state index is 0.420. The Balaban J connectivity index is 1.88. The van der Waals surface area contributed by atoms with Crippen molar-refractivity contribution in [3.63, 3.8) is 0 Å². The largest absolute Gasteiger partial charge is 0.314 e. The lowest BCUT2D eigenvalue weighted by Crippen LogP contribution is -2.44. The van der Waals surface area contributed by atoms with Crippen molar-refractivity contribution in [2.24, 2.45) is 0 Å². The lowest BCUT2D eigenvalue weighted by Gasteiger charge is -2.31. The summed E-state index contributed by atoms with van der Waals surface area (Å²) in [6.45, 7) is 6.65. The van der Waals surface area contributed by atoms with Gasteiger partial charge in [-0.05, 0) is 25.1 Å². The van der Waals surface area contributed by atoms with E-state index in [2.05, 4.69) is 51.3 Å². The number of nitrogens with one attached hydrogen (secondary N) is 1. The number of hydrogen-bond donors (Lipinski definition) is 1. The Morgan fingerprint density at radius 2 is 2.17 bits per heavy atom. The fourth-order valence-corrected chi connectivity index (χ4v) is 3.71. The highest BCUT2D eigenvalue weighted by atomic mass is 79.9. The van der Waals surface area contributed by atoms with Crippen LogP contribution in [-0.2, 0) is 0 Å². The van der Waals surface area contributed by atoms with Crippen LogP contribution in [0.15, 0.2) is 22.7 Å². The van der Waals surface area contributed by atoms with Crippen molar-refractivity contribution in [3.8, 4) is 0 Å².